The maximum atomic E-state index is 13.5. The standard InChI is InChI=1S/C17H12FN3O3/c18-14-6-1-2-7-15(14)20-10-12(9-19)16(22)21-13-5-3-4-11(8-13)17(23)24/h1-8,10,20H,(H,21,22)(H,23,24)/b12-10-. The molecule has 7 heteroatoms. The molecule has 0 aliphatic rings. The van der Waals surface area contributed by atoms with Gasteiger partial charge < -0.3 is 15.7 Å². The van der Waals surface area contributed by atoms with Crippen molar-refractivity contribution in [2.75, 3.05) is 10.6 Å². The second kappa shape index (κ2) is 7.56. The molecule has 6 nitrogen and oxygen atoms in total. The quantitative estimate of drug-likeness (QED) is 0.579. The number of carbonyl (C=O) groups excluding carboxylic acids is 1. The van der Waals surface area contributed by atoms with Crippen LogP contribution in [0.3, 0.4) is 0 Å². The van der Waals surface area contributed by atoms with Crippen LogP contribution < -0.4 is 10.6 Å². The lowest BCUT2D eigenvalue weighted by Gasteiger charge is -2.06. The van der Waals surface area contributed by atoms with Crippen LogP contribution in [0.5, 0.6) is 0 Å². The van der Waals surface area contributed by atoms with Crippen LogP contribution in [0.15, 0.2) is 60.3 Å². The average molecular weight is 325 g/mol. The second-order valence-corrected chi connectivity index (χ2v) is 4.63. The normalized spacial score (nSPS) is 10.6. The van der Waals surface area contributed by atoms with E-state index in [0.717, 1.165) is 6.20 Å². The number of nitrogens with zero attached hydrogens (tertiary/aromatic N) is 1. The molecule has 0 saturated heterocycles. The highest BCUT2D eigenvalue weighted by molar-refractivity contribution is 6.07. The molecule has 0 saturated carbocycles. The first-order chi connectivity index (χ1) is 11.5. The Bertz CT molecular complexity index is 856. The largest absolute Gasteiger partial charge is 0.478 e. The number of rotatable bonds is 5. The van der Waals surface area contributed by atoms with Gasteiger partial charge in [0, 0.05) is 11.9 Å². The summed E-state index contributed by atoms with van der Waals surface area (Å²) in [5.41, 5.74) is 0.0524. The number of hydrogen-bond acceptors (Lipinski definition) is 4. The monoisotopic (exact) mass is 325 g/mol. The molecule has 0 fully saturated rings. The molecule has 0 atom stereocenters. The molecule has 0 radical (unpaired) electrons. The first-order valence-electron chi connectivity index (χ1n) is 6.77. The van der Waals surface area contributed by atoms with E-state index in [4.69, 9.17) is 10.4 Å². The fourth-order valence-electron chi connectivity index (χ4n) is 1.81. The number of halogens is 1. The number of nitriles is 1. The average Bonchev–Trinajstić information content (AvgIpc) is 2.57. The van der Waals surface area contributed by atoms with Crippen LogP contribution in [0.25, 0.3) is 0 Å². The van der Waals surface area contributed by atoms with Crippen LogP contribution in [0.2, 0.25) is 0 Å². The molecule has 0 aliphatic carbocycles. The molecule has 0 aromatic heterocycles. The van der Waals surface area contributed by atoms with E-state index < -0.39 is 17.7 Å². The molecule has 0 unspecified atom stereocenters. The maximum Gasteiger partial charge on any atom is 0.335 e. The molecule has 1 amide bonds. The summed E-state index contributed by atoms with van der Waals surface area (Å²) in [7, 11) is 0. The van der Waals surface area contributed by atoms with Gasteiger partial charge >= 0.3 is 5.97 Å². The Labute approximate surface area is 136 Å². The van der Waals surface area contributed by atoms with Crippen molar-refractivity contribution < 1.29 is 19.1 Å². The molecule has 24 heavy (non-hydrogen) atoms. The van der Waals surface area contributed by atoms with Crippen molar-refractivity contribution in [2.24, 2.45) is 0 Å². The SMILES string of the molecule is N#C/C(=C/Nc1ccccc1F)C(=O)Nc1cccc(C(=O)O)c1. The summed E-state index contributed by atoms with van der Waals surface area (Å²) in [4.78, 5) is 22.9. The number of amides is 1. The fourth-order valence-corrected chi connectivity index (χ4v) is 1.81. The summed E-state index contributed by atoms with van der Waals surface area (Å²) in [5, 5.41) is 22.9. The molecule has 0 bridgehead atoms. The summed E-state index contributed by atoms with van der Waals surface area (Å²) in [6, 6.07) is 13.1. The number of benzene rings is 2. The van der Waals surface area contributed by atoms with Crippen molar-refractivity contribution in [1.82, 2.24) is 0 Å². The zero-order valence-electron chi connectivity index (χ0n) is 12.3. The van der Waals surface area contributed by atoms with Crippen LogP contribution in [0.1, 0.15) is 10.4 Å². The highest BCUT2D eigenvalue weighted by Crippen LogP contribution is 2.14. The molecule has 3 N–H and O–H groups in total. The van der Waals surface area contributed by atoms with Crippen molar-refractivity contribution in [3.8, 4) is 6.07 Å². The molecule has 2 rings (SSSR count). The minimum absolute atomic E-state index is 0.000214. The van der Waals surface area contributed by atoms with E-state index in [1.165, 1.54) is 42.5 Å². The van der Waals surface area contributed by atoms with E-state index in [0.29, 0.717) is 0 Å². The number of hydrogen-bond donors (Lipinski definition) is 3. The van der Waals surface area contributed by atoms with Gasteiger partial charge in [0.1, 0.15) is 17.5 Å². The lowest BCUT2D eigenvalue weighted by molar-refractivity contribution is -0.112. The number of nitrogens with one attached hydrogen (secondary N) is 2. The molecule has 2 aromatic carbocycles. The van der Waals surface area contributed by atoms with E-state index in [-0.39, 0.29) is 22.5 Å². The highest BCUT2D eigenvalue weighted by atomic mass is 19.1. The van der Waals surface area contributed by atoms with Gasteiger partial charge in [-0.2, -0.15) is 5.26 Å². The van der Waals surface area contributed by atoms with E-state index in [9.17, 15) is 14.0 Å². The second-order valence-electron chi connectivity index (χ2n) is 4.63. The van der Waals surface area contributed by atoms with Gasteiger partial charge in [0.05, 0.1) is 11.3 Å². The number of para-hydroxylation sites is 1. The predicted molar refractivity (Wildman–Crippen MR) is 85.7 cm³/mol. The van der Waals surface area contributed by atoms with Gasteiger partial charge in [0.25, 0.3) is 5.91 Å². The third kappa shape index (κ3) is 4.18. The zero-order chi connectivity index (χ0) is 17.5. The smallest absolute Gasteiger partial charge is 0.335 e. The van der Waals surface area contributed by atoms with Gasteiger partial charge in [0.2, 0.25) is 0 Å². The summed E-state index contributed by atoms with van der Waals surface area (Å²) < 4.78 is 13.5. The van der Waals surface area contributed by atoms with Crippen LogP contribution in [0, 0.1) is 17.1 Å². The van der Waals surface area contributed by atoms with Gasteiger partial charge in [-0.05, 0) is 30.3 Å². The van der Waals surface area contributed by atoms with Crippen LogP contribution in [-0.4, -0.2) is 17.0 Å². The molecular formula is C17H12FN3O3. The summed E-state index contributed by atoms with van der Waals surface area (Å²) >= 11 is 0. The van der Waals surface area contributed by atoms with Crippen molar-refractivity contribution in [3.63, 3.8) is 0 Å². The zero-order valence-corrected chi connectivity index (χ0v) is 12.3. The Balaban J connectivity index is 2.13. The number of anilines is 2. The number of carboxylic acid groups (broad SMARTS) is 1. The van der Waals surface area contributed by atoms with Gasteiger partial charge in [-0.15, -0.1) is 0 Å². The first kappa shape index (κ1) is 16.7. The van der Waals surface area contributed by atoms with Crippen LogP contribution in [-0.2, 0) is 4.79 Å². The third-order valence-electron chi connectivity index (χ3n) is 2.98. The number of carboxylic acids is 1. The summed E-state index contributed by atoms with van der Waals surface area (Å²) in [6.07, 6.45) is 1.08. The van der Waals surface area contributed by atoms with E-state index >= 15 is 0 Å². The number of aromatic carboxylic acids is 1. The van der Waals surface area contributed by atoms with Crippen molar-refractivity contribution >= 4 is 23.3 Å². The molecule has 0 aliphatic heterocycles. The number of carbonyl (C=O) groups is 2. The maximum absolute atomic E-state index is 13.5. The van der Waals surface area contributed by atoms with Gasteiger partial charge in [-0.1, -0.05) is 18.2 Å². The van der Waals surface area contributed by atoms with Gasteiger partial charge in [-0.25, -0.2) is 9.18 Å². The van der Waals surface area contributed by atoms with E-state index in [1.54, 1.807) is 12.1 Å². The Morgan fingerprint density at radius 1 is 1.17 bits per heavy atom. The third-order valence-corrected chi connectivity index (χ3v) is 2.98. The van der Waals surface area contributed by atoms with Crippen LogP contribution in [0.4, 0.5) is 15.8 Å². The van der Waals surface area contributed by atoms with Crippen molar-refractivity contribution in [3.05, 3.63) is 71.7 Å². The molecule has 120 valence electrons. The molecule has 2 aromatic rings. The fraction of sp³-hybridized carbons (Fsp3) is 0. The lowest BCUT2D eigenvalue weighted by Crippen LogP contribution is -2.15. The topological polar surface area (TPSA) is 102 Å². The lowest BCUT2D eigenvalue weighted by atomic mass is 10.2. The first-order valence-corrected chi connectivity index (χ1v) is 6.77. The van der Waals surface area contributed by atoms with Crippen LogP contribution >= 0.6 is 0 Å². The molecule has 0 spiro atoms. The highest BCUT2D eigenvalue weighted by Gasteiger charge is 2.11. The Hall–Kier alpha value is -3.66. The van der Waals surface area contributed by atoms with Crippen molar-refractivity contribution in [2.45, 2.75) is 0 Å². The van der Waals surface area contributed by atoms with E-state index in [2.05, 4.69) is 10.6 Å². The Morgan fingerprint density at radius 2 is 1.92 bits per heavy atom. The summed E-state index contributed by atoms with van der Waals surface area (Å²) in [6.45, 7) is 0. The Kier molecular flexibility index (Phi) is 5.26. The van der Waals surface area contributed by atoms with E-state index in [1.807, 2.05) is 0 Å². The molecule has 0 heterocycles. The Morgan fingerprint density at radius 3 is 2.58 bits per heavy atom. The minimum atomic E-state index is -1.14. The summed E-state index contributed by atoms with van der Waals surface area (Å²) in [5.74, 6) is -2.41. The van der Waals surface area contributed by atoms with Gasteiger partial charge in [-0.3, -0.25) is 4.79 Å². The molecular weight excluding hydrogens is 313 g/mol. The van der Waals surface area contributed by atoms with Gasteiger partial charge in [0.15, 0.2) is 0 Å². The minimum Gasteiger partial charge on any atom is -0.478 e. The predicted octanol–water partition coefficient (Wildman–Crippen LogP) is 2.98. The van der Waals surface area contributed by atoms with Crippen molar-refractivity contribution in [1.29, 1.82) is 5.26 Å².